The van der Waals surface area contributed by atoms with Gasteiger partial charge in [-0.25, -0.2) is 0 Å². The molecule has 0 fully saturated rings. The minimum absolute atomic E-state index is 0.552. The standard InChI is InChI=1S/C21H36O3SSi/c1-14(2)10-18-13-17(8-7-9-25(22,23)24)21(26)20(12-16(5)6)19(18)11-15(3)4/h7,9,13-16H,8,10-12H2,1-6,26H3,(H,22,23,24). The van der Waals surface area contributed by atoms with Crippen LogP contribution >= 0.6 is 0 Å². The number of benzene rings is 1. The van der Waals surface area contributed by atoms with Gasteiger partial charge in [-0.2, -0.15) is 8.42 Å². The van der Waals surface area contributed by atoms with Crippen LogP contribution in [-0.4, -0.2) is 23.2 Å². The normalized spacial score (nSPS) is 13.0. The number of allylic oxidation sites excluding steroid dienone is 1. The Balaban J connectivity index is 3.48. The predicted octanol–water partition coefficient (Wildman–Crippen LogP) is 3.22. The number of rotatable bonds is 9. The monoisotopic (exact) mass is 396 g/mol. The molecule has 1 aromatic carbocycles. The minimum atomic E-state index is -4.06. The molecular weight excluding hydrogens is 360 g/mol. The second-order valence-electron chi connectivity index (χ2n) is 8.66. The zero-order chi connectivity index (χ0) is 20.1. The zero-order valence-electron chi connectivity index (χ0n) is 17.5. The summed E-state index contributed by atoms with van der Waals surface area (Å²) in [7, 11) is -3.12. The van der Waals surface area contributed by atoms with E-state index in [9.17, 15) is 8.42 Å². The van der Waals surface area contributed by atoms with E-state index in [1.165, 1.54) is 27.4 Å². The predicted molar refractivity (Wildman–Crippen MR) is 116 cm³/mol. The second kappa shape index (κ2) is 9.86. The molecule has 0 amide bonds. The molecule has 1 aromatic rings. The van der Waals surface area contributed by atoms with Crippen molar-refractivity contribution in [1.82, 2.24) is 0 Å². The maximum absolute atomic E-state index is 11.0. The molecule has 0 aliphatic rings. The average Bonchev–Trinajstić information content (AvgIpc) is 2.44. The van der Waals surface area contributed by atoms with Crippen molar-refractivity contribution in [2.24, 2.45) is 17.8 Å². The van der Waals surface area contributed by atoms with Crippen LogP contribution in [0.4, 0.5) is 0 Å². The van der Waals surface area contributed by atoms with Crippen molar-refractivity contribution in [1.29, 1.82) is 0 Å². The lowest BCUT2D eigenvalue weighted by Crippen LogP contribution is -2.23. The zero-order valence-corrected chi connectivity index (χ0v) is 20.3. The van der Waals surface area contributed by atoms with E-state index in [1.54, 1.807) is 6.08 Å². The average molecular weight is 397 g/mol. The Morgan fingerprint density at radius 3 is 1.88 bits per heavy atom. The van der Waals surface area contributed by atoms with E-state index in [4.69, 9.17) is 4.55 Å². The van der Waals surface area contributed by atoms with Gasteiger partial charge in [0.2, 0.25) is 0 Å². The quantitative estimate of drug-likeness (QED) is 0.515. The van der Waals surface area contributed by atoms with E-state index < -0.39 is 10.1 Å². The van der Waals surface area contributed by atoms with Crippen LogP contribution in [0.25, 0.3) is 0 Å². The molecule has 0 aliphatic carbocycles. The van der Waals surface area contributed by atoms with Crippen LogP contribution < -0.4 is 5.19 Å². The first-order valence-electron chi connectivity index (χ1n) is 9.67. The molecule has 1 rings (SSSR count). The van der Waals surface area contributed by atoms with Crippen LogP contribution in [0.1, 0.15) is 63.8 Å². The Hall–Kier alpha value is -0.913. The van der Waals surface area contributed by atoms with Crippen molar-refractivity contribution in [3.05, 3.63) is 39.8 Å². The molecular formula is C21H36O3SSi. The number of hydrogen-bond donors (Lipinski definition) is 1. The molecule has 0 heterocycles. The lowest BCUT2D eigenvalue weighted by molar-refractivity contribution is 0.494. The molecule has 0 unspecified atom stereocenters. The molecule has 0 saturated carbocycles. The Bertz CT molecular complexity index is 732. The third kappa shape index (κ3) is 7.76. The van der Waals surface area contributed by atoms with Crippen molar-refractivity contribution < 1.29 is 13.0 Å². The van der Waals surface area contributed by atoms with Crippen LogP contribution in [0.3, 0.4) is 0 Å². The largest absolute Gasteiger partial charge is 0.287 e. The molecule has 0 saturated heterocycles. The Kier molecular flexibility index (Phi) is 8.77. The SMILES string of the molecule is CC(C)Cc1cc(CC=CS(=O)(=O)O)c([SiH3])c(CC(C)C)c1CC(C)C. The van der Waals surface area contributed by atoms with Gasteiger partial charge in [0.1, 0.15) is 0 Å². The summed E-state index contributed by atoms with van der Waals surface area (Å²) in [4.78, 5) is 0. The molecule has 3 nitrogen and oxygen atoms in total. The molecule has 0 atom stereocenters. The van der Waals surface area contributed by atoms with Crippen molar-refractivity contribution in [2.75, 3.05) is 0 Å². The summed E-state index contributed by atoms with van der Waals surface area (Å²) in [6, 6.07) is 2.29. The maximum atomic E-state index is 11.0. The van der Waals surface area contributed by atoms with Gasteiger partial charge in [0.15, 0.2) is 0 Å². The molecule has 26 heavy (non-hydrogen) atoms. The second-order valence-corrected chi connectivity index (χ2v) is 11.0. The van der Waals surface area contributed by atoms with Gasteiger partial charge in [0.25, 0.3) is 10.1 Å². The molecule has 1 N–H and O–H groups in total. The van der Waals surface area contributed by atoms with Gasteiger partial charge in [-0.3, -0.25) is 4.55 Å². The fraction of sp³-hybridized carbons (Fsp3) is 0.619. The topological polar surface area (TPSA) is 54.4 Å². The molecule has 5 heteroatoms. The van der Waals surface area contributed by atoms with Gasteiger partial charge >= 0.3 is 0 Å². The third-order valence-corrected chi connectivity index (χ3v) is 6.28. The van der Waals surface area contributed by atoms with Gasteiger partial charge in [-0.1, -0.05) is 58.9 Å². The van der Waals surface area contributed by atoms with Gasteiger partial charge in [0.05, 0.1) is 5.41 Å². The van der Waals surface area contributed by atoms with E-state index in [0.29, 0.717) is 24.2 Å². The highest BCUT2D eigenvalue weighted by molar-refractivity contribution is 7.88. The molecule has 0 bridgehead atoms. The van der Waals surface area contributed by atoms with Gasteiger partial charge in [-0.15, -0.1) is 0 Å². The highest BCUT2D eigenvalue weighted by Gasteiger charge is 2.17. The van der Waals surface area contributed by atoms with Crippen LogP contribution in [0, 0.1) is 17.8 Å². The maximum Gasteiger partial charge on any atom is 0.287 e. The lowest BCUT2D eigenvalue weighted by Gasteiger charge is -2.24. The summed E-state index contributed by atoms with van der Waals surface area (Å²) < 4.78 is 30.9. The summed E-state index contributed by atoms with van der Waals surface area (Å²) in [6.07, 6.45) is 5.33. The molecule has 0 radical (unpaired) electrons. The van der Waals surface area contributed by atoms with Crippen molar-refractivity contribution in [3.8, 4) is 0 Å². The Morgan fingerprint density at radius 2 is 1.42 bits per heavy atom. The highest BCUT2D eigenvalue weighted by atomic mass is 32.2. The van der Waals surface area contributed by atoms with Crippen molar-refractivity contribution in [2.45, 2.75) is 67.2 Å². The first kappa shape index (κ1) is 23.1. The smallest absolute Gasteiger partial charge is 0.282 e. The first-order chi connectivity index (χ1) is 11.9. The molecule has 0 aromatic heterocycles. The van der Waals surface area contributed by atoms with Crippen molar-refractivity contribution >= 4 is 25.5 Å². The van der Waals surface area contributed by atoms with Crippen LogP contribution in [0.5, 0.6) is 0 Å². The molecule has 0 spiro atoms. The Morgan fingerprint density at radius 1 is 0.923 bits per heavy atom. The summed E-state index contributed by atoms with van der Waals surface area (Å²) in [5, 5.41) is 2.31. The van der Waals surface area contributed by atoms with Gasteiger partial charge < -0.3 is 0 Å². The number of hydrogen-bond acceptors (Lipinski definition) is 2. The Labute approximate surface area is 163 Å². The van der Waals surface area contributed by atoms with E-state index in [2.05, 4.69) is 47.6 Å². The van der Waals surface area contributed by atoms with Crippen LogP contribution in [-0.2, 0) is 35.8 Å². The van der Waals surface area contributed by atoms with Gasteiger partial charge in [-0.05, 0) is 65.7 Å². The fourth-order valence-electron chi connectivity index (χ4n) is 3.50. The van der Waals surface area contributed by atoms with E-state index >= 15 is 0 Å². The fourth-order valence-corrected chi connectivity index (χ4v) is 4.69. The van der Waals surface area contributed by atoms with Crippen LogP contribution in [0.15, 0.2) is 17.6 Å². The minimum Gasteiger partial charge on any atom is -0.282 e. The third-order valence-electron chi connectivity index (χ3n) is 4.49. The summed E-state index contributed by atoms with van der Waals surface area (Å²) in [5.74, 6) is 1.77. The van der Waals surface area contributed by atoms with E-state index in [0.717, 1.165) is 34.9 Å². The summed E-state index contributed by atoms with van der Waals surface area (Å²) in [5.41, 5.74) is 5.65. The highest BCUT2D eigenvalue weighted by Crippen LogP contribution is 2.25. The van der Waals surface area contributed by atoms with Crippen LogP contribution in [0.2, 0.25) is 0 Å². The first-order valence-corrected chi connectivity index (χ1v) is 12.2. The van der Waals surface area contributed by atoms with Gasteiger partial charge in [0, 0.05) is 10.2 Å². The van der Waals surface area contributed by atoms with E-state index in [1.807, 2.05) is 0 Å². The molecule has 148 valence electrons. The molecule has 0 aliphatic heterocycles. The summed E-state index contributed by atoms with van der Waals surface area (Å²) >= 11 is 0. The van der Waals surface area contributed by atoms with E-state index in [-0.39, 0.29) is 0 Å². The van der Waals surface area contributed by atoms with Crippen molar-refractivity contribution in [3.63, 3.8) is 0 Å². The summed E-state index contributed by atoms with van der Waals surface area (Å²) in [6.45, 7) is 13.5. The lowest BCUT2D eigenvalue weighted by atomic mass is 9.84.